The lowest BCUT2D eigenvalue weighted by atomic mass is 9.77. The van der Waals surface area contributed by atoms with Crippen LogP contribution >= 0.6 is 0 Å². The Labute approximate surface area is 120 Å². The van der Waals surface area contributed by atoms with Gasteiger partial charge in [-0.2, -0.15) is 0 Å². The first kappa shape index (κ1) is 17.0. The first-order chi connectivity index (χ1) is 9.10. The molecule has 1 fully saturated rings. The second kappa shape index (κ2) is 8.97. The first-order valence-electron chi connectivity index (χ1n) is 8.43. The summed E-state index contributed by atoms with van der Waals surface area (Å²) in [7, 11) is 0. The van der Waals surface area contributed by atoms with E-state index in [1.54, 1.807) is 0 Å². The minimum absolute atomic E-state index is 0.404. The zero-order chi connectivity index (χ0) is 14.1. The summed E-state index contributed by atoms with van der Waals surface area (Å²) >= 11 is 0. The Hall–Kier alpha value is -0.0800. The molecule has 2 unspecified atom stereocenters. The van der Waals surface area contributed by atoms with Crippen LogP contribution in [-0.2, 0) is 4.74 Å². The largest absolute Gasteiger partial charge is 0.378 e. The van der Waals surface area contributed by atoms with E-state index < -0.39 is 0 Å². The molecule has 0 aromatic heterocycles. The fraction of sp³-hybridized carbons (Fsp3) is 1.00. The topological polar surface area (TPSA) is 21.3 Å². The maximum atomic E-state index is 5.86. The zero-order valence-corrected chi connectivity index (χ0v) is 13.6. The molecular weight excluding hydrogens is 234 g/mol. The molecule has 0 aromatic carbocycles. The van der Waals surface area contributed by atoms with Crippen molar-refractivity contribution in [2.45, 2.75) is 78.7 Å². The van der Waals surface area contributed by atoms with Gasteiger partial charge in [0.25, 0.3) is 0 Å². The van der Waals surface area contributed by atoms with Gasteiger partial charge in [-0.15, -0.1) is 0 Å². The van der Waals surface area contributed by atoms with Gasteiger partial charge in [0.1, 0.15) is 0 Å². The van der Waals surface area contributed by atoms with Crippen LogP contribution in [0.3, 0.4) is 0 Å². The highest BCUT2D eigenvalue weighted by atomic mass is 16.5. The van der Waals surface area contributed by atoms with Crippen molar-refractivity contribution < 1.29 is 4.74 Å². The van der Waals surface area contributed by atoms with Gasteiger partial charge in [0, 0.05) is 18.6 Å². The summed E-state index contributed by atoms with van der Waals surface area (Å²) in [5, 5.41) is 3.67. The lowest BCUT2D eigenvalue weighted by Crippen LogP contribution is -2.40. The van der Waals surface area contributed by atoms with Crippen molar-refractivity contribution in [1.29, 1.82) is 0 Å². The van der Waals surface area contributed by atoms with Crippen LogP contribution in [0, 0.1) is 11.3 Å². The molecule has 2 atom stereocenters. The molecule has 0 spiro atoms. The fourth-order valence-electron chi connectivity index (χ4n) is 3.16. The number of ether oxygens (including phenoxy) is 1. The quantitative estimate of drug-likeness (QED) is 0.594. The molecule has 1 heterocycles. The SMILES string of the molecule is CCCCCCCC1(CNCC(C)C)CCOC1C. The average Bonchev–Trinajstić information content (AvgIpc) is 2.71. The number of hydrogen-bond acceptors (Lipinski definition) is 2. The van der Waals surface area contributed by atoms with Crippen molar-refractivity contribution >= 4 is 0 Å². The number of nitrogens with one attached hydrogen (secondary N) is 1. The number of unbranched alkanes of at least 4 members (excludes halogenated alkanes) is 4. The van der Waals surface area contributed by atoms with Gasteiger partial charge in [-0.25, -0.2) is 0 Å². The molecule has 19 heavy (non-hydrogen) atoms. The number of hydrogen-bond donors (Lipinski definition) is 1. The Morgan fingerprint density at radius 1 is 1.21 bits per heavy atom. The minimum atomic E-state index is 0.404. The van der Waals surface area contributed by atoms with E-state index in [9.17, 15) is 0 Å². The van der Waals surface area contributed by atoms with Crippen molar-refractivity contribution in [3.63, 3.8) is 0 Å². The third-order valence-corrected chi connectivity index (χ3v) is 4.64. The highest BCUT2D eigenvalue weighted by molar-refractivity contribution is 4.91. The maximum absolute atomic E-state index is 5.86. The molecule has 114 valence electrons. The molecular formula is C17H35NO. The van der Waals surface area contributed by atoms with Gasteiger partial charge >= 0.3 is 0 Å². The molecule has 1 rings (SSSR count). The summed E-state index contributed by atoms with van der Waals surface area (Å²) in [4.78, 5) is 0. The Morgan fingerprint density at radius 2 is 1.95 bits per heavy atom. The standard InChI is InChI=1S/C17H35NO/c1-5-6-7-8-9-10-17(11-12-19-16(17)4)14-18-13-15(2)3/h15-16,18H,5-14H2,1-4H3. The van der Waals surface area contributed by atoms with Crippen molar-refractivity contribution in [3.8, 4) is 0 Å². The van der Waals surface area contributed by atoms with Gasteiger partial charge in [-0.3, -0.25) is 0 Å². The van der Waals surface area contributed by atoms with Gasteiger partial charge in [0.05, 0.1) is 6.10 Å². The zero-order valence-electron chi connectivity index (χ0n) is 13.6. The lowest BCUT2D eigenvalue weighted by molar-refractivity contribution is 0.0566. The van der Waals surface area contributed by atoms with Crippen LogP contribution in [0.4, 0.5) is 0 Å². The van der Waals surface area contributed by atoms with Crippen LogP contribution in [-0.4, -0.2) is 25.8 Å². The molecule has 0 amide bonds. The van der Waals surface area contributed by atoms with Crippen molar-refractivity contribution in [3.05, 3.63) is 0 Å². The van der Waals surface area contributed by atoms with E-state index in [2.05, 4.69) is 33.0 Å². The third kappa shape index (κ3) is 5.83. The van der Waals surface area contributed by atoms with Crippen LogP contribution in [0.5, 0.6) is 0 Å². The van der Waals surface area contributed by atoms with Gasteiger partial charge in [0.2, 0.25) is 0 Å². The molecule has 2 heteroatoms. The van der Waals surface area contributed by atoms with Gasteiger partial charge in [-0.1, -0.05) is 52.9 Å². The molecule has 0 aliphatic carbocycles. The summed E-state index contributed by atoms with van der Waals surface area (Å²) in [5.74, 6) is 0.735. The van der Waals surface area contributed by atoms with Crippen LogP contribution in [0.15, 0.2) is 0 Å². The molecule has 0 saturated carbocycles. The predicted octanol–water partition coefficient (Wildman–Crippen LogP) is 4.39. The summed E-state index contributed by atoms with van der Waals surface area (Å²) in [6.45, 7) is 12.3. The summed E-state index contributed by atoms with van der Waals surface area (Å²) in [6, 6.07) is 0. The predicted molar refractivity (Wildman–Crippen MR) is 83.5 cm³/mol. The summed E-state index contributed by atoms with van der Waals surface area (Å²) in [5.41, 5.74) is 0.404. The molecule has 2 nitrogen and oxygen atoms in total. The molecule has 1 saturated heterocycles. The second-order valence-electron chi connectivity index (χ2n) is 6.81. The van der Waals surface area contributed by atoms with Crippen LogP contribution in [0.1, 0.15) is 72.6 Å². The minimum Gasteiger partial charge on any atom is -0.378 e. The number of rotatable bonds is 10. The van der Waals surface area contributed by atoms with Gasteiger partial charge in [0.15, 0.2) is 0 Å². The van der Waals surface area contributed by atoms with Gasteiger partial charge < -0.3 is 10.1 Å². The van der Waals surface area contributed by atoms with E-state index in [0.29, 0.717) is 11.5 Å². The van der Waals surface area contributed by atoms with E-state index in [1.807, 2.05) is 0 Å². The van der Waals surface area contributed by atoms with E-state index in [4.69, 9.17) is 4.74 Å². The fourth-order valence-corrected chi connectivity index (χ4v) is 3.16. The summed E-state index contributed by atoms with van der Waals surface area (Å²) < 4.78 is 5.86. The van der Waals surface area contributed by atoms with Crippen molar-refractivity contribution in [2.75, 3.05) is 19.7 Å². The Morgan fingerprint density at radius 3 is 2.53 bits per heavy atom. The monoisotopic (exact) mass is 269 g/mol. The van der Waals surface area contributed by atoms with E-state index in [1.165, 1.54) is 44.9 Å². The molecule has 1 aliphatic heterocycles. The van der Waals surface area contributed by atoms with E-state index in [-0.39, 0.29) is 0 Å². The van der Waals surface area contributed by atoms with Gasteiger partial charge in [-0.05, 0) is 32.2 Å². The molecule has 0 aromatic rings. The van der Waals surface area contributed by atoms with Crippen molar-refractivity contribution in [2.24, 2.45) is 11.3 Å². The highest BCUT2D eigenvalue weighted by Crippen LogP contribution is 2.39. The third-order valence-electron chi connectivity index (χ3n) is 4.64. The van der Waals surface area contributed by atoms with Crippen molar-refractivity contribution in [1.82, 2.24) is 5.32 Å². The summed E-state index contributed by atoms with van der Waals surface area (Å²) in [6.07, 6.45) is 9.91. The normalized spacial score (nSPS) is 27.3. The van der Waals surface area contributed by atoms with Crippen LogP contribution in [0.25, 0.3) is 0 Å². The molecule has 0 radical (unpaired) electrons. The van der Waals surface area contributed by atoms with E-state index >= 15 is 0 Å². The Balaban J connectivity index is 2.33. The lowest BCUT2D eigenvalue weighted by Gasteiger charge is -2.33. The first-order valence-corrected chi connectivity index (χ1v) is 8.43. The molecule has 0 bridgehead atoms. The average molecular weight is 269 g/mol. The Bertz CT molecular complexity index is 229. The second-order valence-corrected chi connectivity index (χ2v) is 6.81. The smallest absolute Gasteiger partial charge is 0.0616 e. The Kier molecular flexibility index (Phi) is 8.01. The maximum Gasteiger partial charge on any atom is 0.0616 e. The van der Waals surface area contributed by atoms with Crippen LogP contribution in [0.2, 0.25) is 0 Å². The highest BCUT2D eigenvalue weighted by Gasteiger charge is 2.40. The van der Waals surface area contributed by atoms with Crippen LogP contribution < -0.4 is 5.32 Å². The van der Waals surface area contributed by atoms with E-state index in [0.717, 1.165) is 25.6 Å². The molecule has 1 aliphatic rings. The molecule has 1 N–H and O–H groups in total.